The molecule has 0 aromatic heterocycles. The second-order valence-electron chi connectivity index (χ2n) is 4.97. The summed E-state index contributed by atoms with van der Waals surface area (Å²) < 4.78 is 32.1. The van der Waals surface area contributed by atoms with Crippen LogP contribution in [0.3, 0.4) is 0 Å². The maximum absolute atomic E-state index is 13.6. The largest absolute Gasteiger partial charge is 0.496 e. The van der Waals surface area contributed by atoms with Gasteiger partial charge in [0.2, 0.25) is 0 Å². The van der Waals surface area contributed by atoms with Crippen LogP contribution in [-0.2, 0) is 13.1 Å². The highest BCUT2D eigenvalue weighted by molar-refractivity contribution is 14.0. The Morgan fingerprint density at radius 1 is 1.08 bits per heavy atom. The molecule has 0 unspecified atom stereocenters. The molecule has 136 valence electrons. The fourth-order valence-corrected chi connectivity index (χ4v) is 2.28. The molecule has 0 radical (unpaired) electrons. The van der Waals surface area contributed by atoms with Crippen molar-refractivity contribution in [3.05, 3.63) is 64.2 Å². The molecule has 0 aliphatic heterocycles. The van der Waals surface area contributed by atoms with Crippen LogP contribution in [0.25, 0.3) is 0 Å². The Morgan fingerprint density at radius 3 is 2.40 bits per heavy atom. The number of benzene rings is 2. The van der Waals surface area contributed by atoms with E-state index in [0.29, 0.717) is 23.3 Å². The Bertz CT molecular complexity index is 744. The zero-order chi connectivity index (χ0) is 17.5. The Balaban J connectivity index is 0.00000312. The average Bonchev–Trinajstić information content (AvgIpc) is 2.58. The van der Waals surface area contributed by atoms with Crippen LogP contribution in [0.5, 0.6) is 5.75 Å². The molecule has 0 saturated heterocycles. The van der Waals surface area contributed by atoms with Crippen molar-refractivity contribution in [1.29, 1.82) is 0 Å². The Hall–Kier alpha value is -1.61. The predicted octanol–water partition coefficient (Wildman–Crippen LogP) is 4.11. The molecule has 0 spiro atoms. The number of nitrogens with one attached hydrogen (secondary N) is 2. The number of hydrogen-bond acceptors (Lipinski definition) is 2. The first kappa shape index (κ1) is 21.4. The van der Waals surface area contributed by atoms with E-state index in [-0.39, 0.29) is 36.1 Å². The number of methoxy groups -OCH3 is 1. The van der Waals surface area contributed by atoms with Gasteiger partial charge in [0.05, 0.1) is 7.11 Å². The molecule has 2 aromatic carbocycles. The maximum atomic E-state index is 13.6. The summed E-state index contributed by atoms with van der Waals surface area (Å²) in [6.07, 6.45) is 0. The summed E-state index contributed by atoms with van der Waals surface area (Å²) in [5.74, 6) is 0.151. The quantitative estimate of drug-likeness (QED) is 0.384. The maximum Gasteiger partial charge on any atom is 0.191 e. The lowest BCUT2D eigenvalue weighted by Crippen LogP contribution is -2.36. The van der Waals surface area contributed by atoms with Gasteiger partial charge >= 0.3 is 0 Å². The summed E-state index contributed by atoms with van der Waals surface area (Å²) >= 11 is 5.93. The smallest absolute Gasteiger partial charge is 0.191 e. The van der Waals surface area contributed by atoms with Crippen molar-refractivity contribution in [2.45, 2.75) is 13.1 Å². The Morgan fingerprint density at radius 2 is 1.76 bits per heavy atom. The van der Waals surface area contributed by atoms with Crippen LogP contribution >= 0.6 is 35.6 Å². The highest BCUT2D eigenvalue weighted by Gasteiger charge is 2.07. The van der Waals surface area contributed by atoms with Crippen molar-refractivity contribution >= 4 is 41.5 Å². The SMILES string of the molecule is CN=C(NCc1cc(F)ccc1F)NCc1ccc(Cl)cc1OC.I. The molecule has 0 aliphatic carbocycles. The first-order valence-corrected chi connectivity index (χ1v) is 7.62. The summed E-state index contributed by atoms with van der Waals surface area (Å²) in [4.78, 5) is 4.05. The van der Waals surface area contributed by atoms with Gasteiger partial charge in [-0.1, -0.05) is 17.7 Å². The van der Waals surface area contributed by atoms with Gasteiger partial charge in [0.15, 0.2) is 5.96 Å². The first-order valence-electron chi connectivity index (χ1n) is 7.24. The Labute approximate surface area is 167 Å². The van der Waals surface area contributed by atoms with Crippen molar-refractivity contribution in [3.63, 3.8) is 0 Å². The van der Waals surface area contributed by atoms with Gasteiger partial charge in [-0.15, -0.1) is 24.0 Å². The van der Waals surface area contributed by atoms with Crippen LogP contribution in [0.2, 0.25) is 5.02 Å². The van der Waals surface area contributed by atoms with Crippen LogP contribution in [0.4, 0.5) is 8.78 Å². The van der Waals surface area contributed by atoms with Gasteiger partial charge in [0, 0.05) is 36.3 Å². The van der Waals surface area contributed by atoms with Gasteiger partial charge < -0.3 is 15.4 Å². The van der Waals surface area contributed by atoms with Crippen LogP contribution in [0.15, 0.2) is 41.4 Å². The lowest BCUT2D eigenvalue weighted by molar-refractivity contribution is 0.409. The van der Waals surface area contributed by atoms with Crippen molar-refractivity contribution in [2.24, 2.45) is 4.99 Å². The van der Waals surface area contributed by atoms with Crippen LogP contribution in [-0.4, -0.2) is 20.1 Å². The second-order valence-corrected chi connectivity index (χ2v) is 5.41. The van der Waals surface area contributed by atoms with E-state index in [1.807, 2.05) is 6.07 Å². The molecule has 25 heavy (non-hydrogen) atoms. The molecule has 0 bridgehead atoms. The molecule has 0 aliphatic rings. The van der Waals surface area contributed by atoms with Crippen molar-refractivity contribution in [3.8, 4) is 5.75 Å². The predicted molar refractivity (Wildman–Crippen MR) is 107 cm³/mol. The third-order valence-electron chi connectivity index (χ3n) is 3.37. The fraction of sp³-hybridized carbons (Fsp3) is 0.235. The summed E-state index contributed by atoms with van der Waals surface area (Å²) in [7, 11) is 3.16. The molecule has 2 aromatic rings. The van der Waals surface area contributed by atoms with Crippen LogP contribution < -0.4 is 15.4 Å². The topological polar surface area (TPSA) is 45.7 Å². The van der Waals surface area contributed by atoms with E-state index in [1.54, 1.807) is 26.3 Å². The van der Waals surface area contributed by atoms with Gasteiger partial charge in [-0.25, -0.2) is 8.78 Å². The number of ether oxygens (including phenoxy) is 1. The van der Waals surface area contributed by atoms with Crippen LogP contribution in [0.1, 0.15) is 11.1 Å². The number of rotatable bonds is 5. The molecule has 4 nitrogen and oxygen atoms in total. The molecule has 0 atom stereocenters. The highest BCUT2D eigenvalue weighted by atomic mass is 127. The molecular weight excluding hydrogens is 463 g/mol. The first-order chi connectivity index (χ1) is 11.5. The Kier molecular flexibility index (Phi) is 8.91. The second kappa shape index (κ2) is 10.4. The van der Waals surface area contributed by atoms with E-state index in [1.165, 1.54) is 0 Å². The summed E-state index contributed by atoms with van der Waals surface area (Å²) in [6.45, 7) is 0.548. The van der Waals surface area contributed by atoms with E-state index in [9.17, 15) is 8.78 Å². The number of hydrogen-bond donors (Lipinski definition) is 2. The lowest BCUT2D eigenvalue weighted by Gasteiger charge is -2.14. The van der Waals surface area contributed by atoms with E-state index < -0.39 is 11.6 Å². The third kappa shape index (κ3) is 6.32. The summed E-state index contributed by atoms with van der Waals surface area (Å²) in [6, 6.07) is 8.65. The minimum atomic E-state index is -0.484. The van der Waals surface area contributed by atoms with Gasteiger partial charge in [-0.3, -0.25) is 4.99 Å². The summed E-state index contributed by atoms with van der Waals surface area (Å²) in [5.41, 5.74) is 1.11. The third-order valence-corrected chi connectivity index (χ3v) is 3.61. The van der Waals surface area contributed by atoms with E-state index in [2.05, 4.69) is 15.6 Å². The van der Waals surface area contributed by atoms with Gasteiger partial charge in [0.1, 0.15) is 17.4 Å². The van der Waals surface area contributed by atoms with E-state index in [0.717, 1.165) is 23.8 Å². The number of nitrogens with zero attached hydrogens (tertiary/aromatic N) is 1. The minimum absolute atomic E-state index is 0. The molecular formula is C17H19ClF2IN3O. The highest BCUT2D eigenvalue weighted by Crippen LogP contribution is 2.22. The number of aliphatic imine (C=N–C) groups is 1. The van der Waals surface area contributed by atoms with Crippen LogP contribution in [0, 0.1) is 11.6 Å². The molecule has 2 N–H and O–H groups in total. The molecule has 0 amide bonds. The van der Waals surface area contributed by atoms with Gasteiger partial charge in [-0.2, -0.15) is 0 Å². The molecule has 0 heterocycles. The fourth-order valence-electron chi connectivity index (χ4n) is 2.12. The number of guanidine groups is 1. The molecule has 2 rings (SSSR count). The van der Waals surface area contributed by atoms with Crippen molar-refractivity contribution in [1.82, 2.24) is 10.6 Å². The normalized spacial score (nSPS) is 10.8. The standard InChI is InChI=1S/C17H18ClF2N3O.HI/c1-21-17(23-10-12-7-14(19)5-6-15(12)20)22-9-11-3-4-13(18)8-16(11)24-2;/h3-8H,9-10H2,1-2H3,(H2,21,22,23);1H. The monoisotopic (exact) mass is 481 g/mol. The van der Waals surface area contributed by atoms with Crippen molar-refractivity contribution < 1.29 is 13.5 Å². The molecule has 8 heteroatoms. The zero-order valence-corrected chi connectivity index (χ0v) is 16.9. The average molecular weight is 482 g/mol. The lowest BCUT2D eigenvalue weighted by atomic mass is 10.2. The molecule has 0 fully saturated rings. The zero-order valence-electron chi connectivity index (χ0n) is 13.8. The molecule has 0 saturated carbocycles. The van der Waals surface area contributed by atoms with Gasteiger partial charge in [0.25, 0.3) is 0 Å². The summed E-state index contributed by atoms with van der Waals surface area (Å²) in [5, 5.41) is 6.61. The van der Waals surface area contributed by atoms with Gasteiger partial charge in [-0.05, 0) is 30.3 Å². The number of halogens is 4. The van der Waals surface area contributed by atoms with E-state index in [4.69, 9.17) is 16.3 Å². The van der Waals surface area contributed by atoms with E-state index >= 15 is 0 Å². The minimum Gasteiger partial charge on any atom is -0.496 e. The van der Waals surface area contributed by atoms with Crippen molar-refractivity contribution in [2.75, 3.05) is 14.2 Å².